The molecule has 1 aromatic heterocycles. The number of hydrogen-bond acceptors (Lipinski definition) is 3. The summed E-state index contributed by atoms with van der Waals surface area (Å²) in [6, 6.07) is 4.19. The molecule has 1 aliphatic heterocycles. The zero-order chi connectivity index (χ0) is 13.5. The Kier molecular flexibility index (Phi) is 5.67. The van der Waals surface area contributed by atoms with E-state index in [2.05, 4.69) is 22.0 Å². The Hall–Kier alpha value is -1.06. The number of alkyl halides is 1. The van der Waals surface area contributed by atoms with Crippen molar-refractivity contribution in [2.75, 3.05) is 19.0 Å². The topological polar surface area (TPSA) is 36.4 Å². The van der Waals surface area contributed by atoms with E-state index in [9.17, 15) is 5.11 Å². The van der Waals surface area contributed by atoms with E-state index >= 15 is 0 Å². The normalized spacial score (nSPS) is 17.6. The van der Waals surface area contributed by atoms with E-state index in [1.165, 1.54) is 37.9 Å². The second-order valence-corrected chi connectivity index (χ2v) is 5.29. The number of piperidine rings is 1. The Morgan fingerprint density at radius 2 is 2.16 bits per heavy atom. The van der Waals surface area contributed by atoms with Gasteiger partial charge >= 0.3 is 0 Å². The average molecular weight is 281 g/mol. The van der Waals surface area contributed by atoms with Crippen molar-refractivity contribution < 1.29 is 5.11 Å². The van der Waals surface area contributed by atoms with Crippen LogP contribution in [0.2, 0.25) is 0 Å². The molecule has 0 aliphatic carbocycles. The van der Waals surface area contributed by atoms with Gasteiger partial charge in [0.05, 0.1) is 5.88 Å². The van der Waals surface area contributed by atoms with Crippen molar-refractivity contribution in [1.29, 1.82) is 0 Å². The summed E-state index contributed by atoms with van der Waals surface area (Å²) in [6.07, 6.45) is 8.18. The number of allylic oxidation sites excluding steroid dienone is 2. The molecule has 0 saturated carbocycles. The van der Waals surface area contributed by atoms with Gasteiger partial charge in [-0.05, 0) is 49.7 Å². The highest BCUT2D eigenvalue weighted by Gasteiger charge is 2.10. The van der Waals surface area contributed by atoms with Crippen molar-refractivity contribution in [3.05, 3.63) is 41.4 Å². The minimum absolute atomic E-state index is 0.160. The van der Waals surface area contributed by atoms with Gasteiger partial charge in [0.25, 0.3) is 0 Å². The van der Waals surface area contributed by atoms with Crippen LogP contribution in [-0.2, 0) is 13.0 Å². The Labute approximate surface area is 119 Å². The summed E-state index contributed by atoms with van der Waals surface area (Å²) in [7, 11) is 0. The number of aliphatic hydroxyl groups excluding tert-OH is 1. The third-order valence-electron chi connectivity index (χ3n) is 3.42. The third-order valence-corrected chi connectivity index (χ3v) is 3.69. The van der Waals surface area contributed by atoms with Crippen LogP contribution in [0.5, 0.6) is 0 Å². The summed E-state index contributed by atoms with van der Waals surface area (Å²) in [4.78, 5) is 6.82. The largest absolute Gasteiger partial charge is 0.511 e. The number of pyridine rings is 1. The summed E-state index contributed by atoms with van der Waals surface area (Å²) < 4.78 is 0. The van der Waals surface area contributed by atoms with Crippen LogP contribution in [0.25, 0.3) is 0 Å². The lowest BCUT2D eigenvalue weighted by molar-refractivity contribution is 0.221. The predicted molar refractivity (Wildman–Crippen MR) is 78.5 cm³/mol. The monoisotopic (exact) mass is 280 g/mol. The molecule has 1 fully saturated rings. The molecule has 4 heteroatoms. The van der Waals surface area contributed by atoms with E-state index in [0.717, 1.165) is 12.2 Å². The quantitative estimate of drug-likeness (QED) is 0.664. The first-order valence-electron chi connectivity index (χ1n) is 6.88. The van der Waals surface area contributed by atoms with Crippen LogP contribution in [0.4, 0.5) is 0 Å². The zero-order valence-corrected chi connectivity index (χ0v) is 11.9. The van der Waals surface area contributed by atoms with E-state index in [4.69, 9.17) is 11.6 Å². The molecule has 0 amide bonds. The summed E-state index contributed by atoms with van der Waals surface area (Å²) in [5, 5.41) is 9.34. The summed E-state index contributed by atoms with van der Waals surface area (Å²) in [6.45, 7) is 3.40. The molecular weight excluding hydrogens is 260 g/mol. The maximum atomic E-state index is 9.34. The Balaban J connectivity index is 1.94. The molecule has 3 nitrogen and oxygen atoms in total. The van der Waals surface area contributed by atoms with Crippen molar-refractivity contribution in [2.45, 2.75) is 32.2 Å². The van der Waals surface area contributed by atoms with Gasteiger partial charge in [-0.25, -0.2) is 0 Å². The highest BCUT2D eigenvalue weighted by molar-refractivity contribution is 6.19. The number of hydrogen-bond donors (Lipinski definition) is 1. The van der Waals surface area contributed by atoms with Gasteiger partial charge < -0.3 is 5.11 Å². The fourth-order valence-corrected chi connectivity index (χ4v) is 2.50. The number of halogens is 1. The zero-order valence-electron chi connectivity index (χ0n) is 11.2. The molecule has 19 heavy (non-hydrogen) atoms. The van der Waals surface area contributed by atoms with E-state index in [1.54, 1.807) is 6.08 Å². The fraction of sp³-hybridized carbons (Fsp3) is 0.533. The smallest absolute Gasteiger partial charge is 0.103 e. The first kappa shape index (κ1) is 14.4. The van der Waals surface area contributed by atoms with Gasteiger partial charge in [0.1, 0.15) is 5.76 Å². The Morgan fingerprint density at radius 1 is 1.37 bits per heavy atom. The highest BCUT2D eigenvalue weighted by Crippen LogP contribution is 2.13. The van der Waals surface area contributed by atoms with Crippen LogP contribution in [0.3, 0.4) is 0 Å². The Morgan fingerprint density at radius 3 is 2.89 bits per heavy atom. The lowest BCUT2D eigenvalue weighted by Crippen LogP contribution is -2.29. The van der Waals surface area contributed by atoms with E-state index in [1.807, 2.05) is 6.20 Å². The summed E-state index contributed by atoms with van der Waals surface area (Å²) in [5.74, 6) is 0.373. The van der Waals surface area contributed by atoms with Crippen LogP contribution in [0.15, 0.2) is 30.2 Å². The maximum Gasteiger partial charge on any atom is 0.103 e. The molecule has 0 unspecified atom stereocenters. The molecule has 1 N–H and O–H groups in total. The lowest BCUT2D eigenvalue weighted by Gasteiger charge is -2.26. The molecule has 104 valence electrons. The lowest BCUT2D eigenvalue weighted by atomic mass is 10.1. The van der Waals surface area contributed by atoms with E-state index in [0.29, 0.717) is 6.42 Å². The first-order valence-corrected chi connectivity index (χ1v) is 7.41. The van der Waals surface area contributed by atoms with Crippen LogP contribution in [0, 0.1) is 0 Å². The molecule has 2 heterocycles. The average Bonchev–Trinajstić information content (AvgIpc) is 2.46. The number of aromatic nitrogens is 1. The molecule has 1 saturated heterocycles. The third kappa shape index (κ3) is 4.84. The van der Waals surface area contributed by atoms with Gasteiger partial charge in [0.2, 0.25) is 0 Å². The van der Waals surface area contributed by atoms with Crippen molar-refractivity contribution in [1.82, 2.24) is 9.88 Å². The van der Waals surface area contributed by atoms with Gasteiger partial charge in [-0.2, -0.15) is 0 Å². The molecular formula is C15H21ClN2O. The van der Waals surface area contributed by atoms with Crippen LogP contribution >= 0.6 is 11.6 Å². The molecule has 0 spiro atoms. The van der Waals surface area contributed by atoms with Gasteiger partial charge in [0.15, 0.2) is 0 Å². The number of rotatable bonds is 5. The summed E-state index contributed by atoms with van der Waals surface area (Å²) >= 11 is 5.53. The molecule has 0 radical (unpaired) electrons. The first-order chi connectivity index (χ1) is 9.28. The van der Waals surface area contributed by atoms with E-state index < -0.39 is 0 Å². The second kappa shape index (κ2) is 7.51. The summed E-state index contributed by atoms with van der Waals surface area (Å²) in [5.41, 5.74) is 2.27. The molecule has 2 rings (SSSR count). The van der Waals surface area contributed by atoms with Crippen molar-refractivity contribution in [2.24, 2.45) is 0 Å². The minimum Gasteiger partial charge on any atom is -0.511 e. The molecule has 0 atom stereocenters. The SMILES string of the molecule is O/C(=C/Cc1cc(CN2CCCCC2)ccn1)CCl. The van der Waals surface area contributed by atoms with Gasteiger partial charge in [0, 0.05) is 24.9 Å². The van der Waals surface area contributed by atoms with Crippen molar-refractivity contribution in [3.8, 4) is 0 Å². The second-order valence-electron chi connectivity index (χ2n) is 5.03. The Bertz CT molecular complexity index is 428. The molecule has 0 aromatic carbocycles. The van der Waals surface area contributed by atoms with Crippen molar-refractivity contribution in [3.63, 3.8) is 0 Å². The van der Waals surface area contributed by atoms with Gasteiger partial charge in [-0.3, -0.25) is 9.88 Å². The molecule has 0 bridgehead atoms. The van der Waals surface area contributed by atoms with Gasteiger partial charge in [-0.15, -0.1) is 11.6 Å². The van der Waals surface area contributed by atoms with Crippen LogP contribution in [0.1, 0.15) is 30.5 Å². The van der Waals surface area contributed by atoms with Crippen LogP contribution < -0.4 is 0 Å². The predicted octanol–water partition coefficient (Wildman–Crippen LogP) is 3.29. The highest BCUT2D eigenvalue weighted by atomic mass is 35.5. The number of nitrogens with zero attached hydrogens (tertiary/aromatic N) is 2. The fourth-order valence-electron chi connectivity index (χ4n) is 2.39. The molecule has 1 aromatic rings. The van der Waals surface area contributed by atoms with Crippen molar-refractivity contribution >= 4 is 11.6 Å². The van der Waals surface area contributed by atoms with Crippen LogP contribution in [-0.4, -0.2) is 34.0 Å². The van der Waals surface area contributed by atoms with E-state index in [-0.39, 0.29) is 11.6 Å². The standard InChI is InChI=1S/C15H21ClN2O/c16-11-15(19)5-4-14-10-13(6-7-17-14)12-18-8-2-1-3-9-18/h5-7,10,19H,1-4,8-9,11-12H2/b15-5+. The van der Waals surface area contributed by atoms with Gasteiger partial charge in [-0.1, -0.05) is 6.42 Å². The maximum absolute atomic E-state index is 9.34. The minimum atomic E-state index is 0.160. The molecule has 1 aliphatic rings. The number of aliphatic hydroxyl groups is 1. The number of likely N-dealkylation sites (tertiary alicyclic amines) is 1.